The lowest BCUT2D eigenvalue weighted by atomic mass is 9.96. The van der Waals surface area contributed by atoms with Gasteiger partial charge < -0.3 is 15.2 Å². The van der Waals surface area contributed by atoms with E-state index in [9.17, 15) is 0 Å². The molecule has 1 fully saturated rings. The minimum atomic E-state index is -0.276. The van der Waals surface area contributed by atoms with Crippen LogP contribution in [0.3, 0.4) is 0 Å². The van der Waals surface area contributed by atoms with Gasteiger partial charge in [0.1, 0.15) is 0 Å². The summed E-state index contributed by atoms with van der Waals surface area (Å²) in [6.07, 6.45) is 5.65. The lowest BCUT2D eigenvalue weighted by molar-refractivity contribution is 0.201. The highest BCUT2D eigenvalue weighted by Crippen LogP contribution is 2.39. The van der Waals surface area contributed by atoms with Crippen molar-refractivity contribution in [2.45, 2.75) is 57.6 Å². The molecule has 0 bridgehead atoms. The Morgan fingerprint density at radius 3 is 2.50 bits per heavy atom. The van der Waals surface area contributed by atoms with E-state index in [-0.39, 0.29) is 11.6 Å². The van der Waals surface area contributed by atoms with Crippen molar-refractivity contribution in [3.8, 4) is 11.5 Å². The van der Waals surface area contributed by atoms with E-state index in [1.54, 1.807) is 7.11 Å². The summed E-state index contributed by atoms with van der Waals surface area (Å²) in [6, 6.07) is 3.91. The van der Waals surface area contributed by atoms with Crippen LogP contribution in [0.25, 0.3) is 0 Å². The molecule has 0 saturated heterocycles. The van der Waals surface area contributed by atoms with Crippen LogP contribution in [0.15, 0.2) is 12.1 Å². The molecule has 1 aliphatic rings. The summed E-state index contributed by atoms with van der Waals surface area (Å²) in [5.41, 5.74) is 6.86. The summed E-state index contributed by atoms with van der Waals surface area (Å²) in [6.45, 7) is 3.99. The third-order valence-electron chi connectivity index (χ3n) is 3.54. The van der Waals surface area contributed by atoms with E-state index in [1.165, 1.54) is 12.8 Å². The Balaban J connectivity index is 2.23. The van der Waals surface area contributed by atoms with Crippen LogP contribution in [0.2, 0.25) is 5.02 Å². The predicted molar refractivity (Wildman–Crippen MR) is 82.9 cm³/mol. The lowest BCUT2D eigenvalue weighted by Crippen LogP contribution is -2.34. The Morgan fingerprint density at radius 1 is 1.30 bits per heavy atom. The molecule has 0 unspecified atom stereocenters. The van der Waals surface area contributed by atoms with E-state index < -0.39 is 0 Å². The van der Waals surface area contributed by atoms with E-state index in [0.717, 1.165) is 24.8 Å². The van der Waals surface area contributed by atoms with Crippen LogP contribution in [0, 0.1) is 0 Å². The van der Waals surface area contributed by atoms with Crippen LogP contribution in [-0.4, -0.2) is 18.8 Å². The van der Waals surface area contributed by atoms with Crippen LogP contribution in [0.5, 0.6) is 11.5 Å². The molecule has 2 rings (SSSR count). The van der Waals surface area contributed by atoms with E-state index in [2.05, 4.69) is 0 Å². The van der Waals surface area contributed by atoms with Gasteiger partial charge in [-0.05, 0) is 63.6 Å². The second-order valence-electron chi connectivity index (χ2n) is 6.30. The first-order valence-corrected chi connectivity index (χ1v) is 7.59. The zero-order valence-electron chi connectivity index (χ0n) is 12.5. The Labute approximate surface area is 126 Å². The molecule has 1 saturated carbocycles. The van der Waals surface area contributed by atoms with Crippen LogP contribution in [0.4, 0.5) is 0 Å². The fourth-order valence-electron chi connectivity index (χ4n) is 2.69. The summed E-state index contributed by atoms with van der Waals surface area (Å²) in [5.74, 6) is 1.36. The second kappa shape index (κ2) is 6.23. The highest BCUT2D eigenvalue weighted by Gasteiger charge is 2.22. The van der Waals surface area contributed by atoms with E-state index in [4.69, 9.17) is 26.8 Å². The first-order valence-electron chi connectivity index (χ1n) is 7.21. The average molecular weight is 298 g/mol. The molecule has 0 aromatic heterocycles. The Bertz CT molecular complexity index is 462. The third-order valence-corrected chi connectivity index (χ3v) is 3.82. The molecular weight excluding hydrogens is 274 g/mol. The van der Waals surface area contributed by atoms with Crippen molar-refractivity contribution >= 4 is 11.6 Å². The monoisotopic (exact) mass is 297 g/mol. The fraction of sp³-hybridized carbons (Fsp3) is 0.625. The maximum absolute atomic E-state index is 6.37. The van der Waals surface area contributed by atoms with E-state index >= 15 is 0 Å². The minimum absolute atomic E-state index is 0.262. The zero-order chi connectivity index (χ0) is 14.8. The van der Waals surface area contributed by atoms with Crippen molar-refractivity contribution in [3.05, 3.63) is 22.7 Å². The normalized spacial score (nSPS) is 16.4. The molecule has 0 radical (unpaired) electrons. The highest BCUT2D eigenvalue weighted by atomic mass is 35.5. The van der Waals surface area contributed by atoms with Crippen molar-refractivity contribution in [3.63, 3.8) is 0 Å². The Kier molecular flexibility index (Phi) is 4.82. The molecule has 1 aliphatic carbocycles. The van der Waals surface area contributed by atoms with Gasteiger partial charge in [0.25, 0.3) is 0 Å². The van der Waals surface area contributed by atoms with Crippen LogP contribution >= 0.6 is 11.6 Å². The standard InChI is InChI=1S/C16H24ClNO2/c1-16(2,18)10-11-8-13(17)15(14(9-11)19-3)20-12-6-4-5-7-12/h8-9,12H,4-7,10,18H2,1-3H3. The maximum Gasteiger partial charge on any atom is 0.180 e. The number of rotatable bonds is 5. The van der Waals surface area contributed by atoms with Gasteiger partial charge in [0, 0.05) is 5.54 Å². The predicted octanol–water partition coefficient (Wildman–Crippen LogP) is 3.95. The van der Waals surface area contributed by atoms with Crippen molar-refractivity contribution in [2.24, 2.45) is 5.73 Å². The van der Waals surface area contributed by atoms with Gasteiger partial charge in [-0.15, -0.1) is 0 Å². The summed E-state index contributed by atoms with van der Waals surface area (Å²) < 4.78 is 11.5. The van der Waals surface area contributed by atoms with Gasteiger partial charge in [-0.3, -0.25) is 0 Å². The van der Waals surface area contributed by atoms with Crippen molar-refractivity contribution in [1.29, 1.82) is 0 Å². The molecule has 1 aromatic carbocycles. The number of methoxy groups -OCH3 is 1. The van der Waals surface area contributed by atoms with E-state index in [0.29, 0.717) is 16.5 Å². The zero-order valence-corrected chi connectivity index (χ0v) is 13.3. The summed E-state index contributed by atoms with van der Waals surface area (Å²) >= 11 is 6.37. The largest absolute Gasteiger partial charge is 0.493 e. The minimum Gasteiger partial charge on any atom is -0.493 e. The van der Waals surface area contributed by atoms with Crippen molar-refractivity contribution in [1.82, 2.24) is 0 Å². The molecule has 0 atom stereocenters. The summed E-state index contributed by atoms with van der Waals surface area (Å²) in [4.78, 5) is 0. The molecule has 0 heterocycles. The van der Waals surface area contributed by atoms with Gasteiger partial charge >= 0.3 is 0 Å². The Morgan fingerprint density at radius 2 is 1.95 bits per heavy atom. The SMILES string of the molecule is COc1cc(CC(C)(C)N)cc(Cl)c1OC1CCCC1. The number of hydrogen-bond acceptors (Lipinski definition) is 3. The summed E-state index contributed by atoms with van der Waals surface area (Å²) in [5, 5.41) is 0.607. The topological polar surface area (TPSA) is 44.5 Å². The average Bonchev–Trinajstić information content (AvgIpc) is 2.83. The number of nitrogens with two attached hydrogens (primary N) is 1. The first-order chi connectivity index (χ1) is 9.39. The number of benzene rings is 1. The van der Waals surface area contributed by atoms with Gasteiger partial charge in [0.05, 0.1) is 18.2 Å². The van der Waals surface area contributed by atoms with Crippen molar-refractivity contribution < 1.29 is 9.47 Å². The Hall–Kier alpha value is -0.930. The van der Waals surface area contributed by atoms with Crippen LogP contribution in [0.1, 0.15) is 45.1 Å². The quantitative estimate of drug-likeness (QED) is 0.895. The van der Waals surface area contributed by atoms with Gasteiger partial charge in [-0.1, -0.05) is 11.6 Å². The molecule has 0 spiro atoms. The second-order valence-corrected chi connectivity index (χ2v) is 6.71. The van der Waals surface area contributed by atoms with Gasteiger partial charge in [0.2, 0.25) is 0 Å². The molecule has 3 nitrogen and oxygen atoms in total. The summed E-state index contributed by atoms with van der Waals surface area (Å²) in [7, 11) is 1.64. The van der Waals surface area contributed by atoms with E-state index in [1.807, 2.05) is 26.0 Å². The van der Waals surface area contributed by atoms with Crippen molar-refractivity contribution in [2.75, 3.05) is 7.11 Å². The third kappa shape index (κ3) is 4.03. The van der Waals surface area contributed by atoms with Crippen LogP contribution < -0.4 is 15.2 Å². The molecule has 0 amide bonds. The van der Waals surface area contributed by atoms with Crippen LogP contribution in [-0.2, 0) is 6.42 Å². The first kappa shape index (κ1) is 15.5. The fourth-order valence-corrected chi connectivity index (χ4v) is 2.97. The molecule has 20 heavy (non-hydrogen) atoms. The highest BCUT2D eigenvalue weighted by molar-refractivity contribution is 6.32. The smallest absolute Gasteiger partial charge is 0.180 e. The molecule has 1 aromatic rings. The number of halogens is 1. The maximum atomic E-state index is 6.37. The molecular formula is C16H24ClNO2. The van der Waals surface area contributed by atoms with Gasteiger partial charge in [-0.25, -0.2) is 0 Å². The molecule has 112 valence electrons. The number of hydrogen-bond donors (Lipinski definition) is 1. The molecule has 0 aliphatic heterocycles. The number of ether oxygens (including phenoxy) is 2. The molecule has 2 N–H and O–H groups in total. The van der Waals surface area contributed by atoms with Gasteiger partial charge in [0.15, 0.2) is 11.5 Å². The molecule has 4 heteroatoms. The lowest BCUT2D eigenvalue weighted by Gasteiger charge is -2.21. The van der Waals surface area contributed by atoms with Gasteiger partial charge in [-0.2, -0.15) is 0 Å².